The van der Waals surface area contributed by atoms with Crippen LogP contribution in [0.3, 0.4) is 0 Å². The molecule has 0 aromatic carbocycles. The molecule has 1 atom stereocenters. The third-order valence-electron chi connectivity index (χ3n) is 5.17. The summed E-state index contributed by atoms with van der Waals surface area (Å²) in [4.78, 5) is 29.4. The number of amides is 2. The number of rotatable bonds is 4. The van der Waals surface area contributed by atoms with Crippen molar-refractivity contribution in [1.29, 1.82) is 0 Å². The number of hydrogen-bond donors (Lipinski definition) is 1. The molecule has 126 valence electrons. The highest BCUT2D eigenvalue weighted by Gasteiger charge is 2.36. The Morgan fingerprint density at radius 1 is 1.26 bits per heavy atom. The van der Waals surface area contributed by atoms with Gasteiger partial charge in [0.2, 0.25) is 5.91 Å². The van der Waals surface area contributed by atoms with Gasteiger partial charge in [0.1, 0.15) is 0 Å². The molecule has 2 saturated heterocycles. The Labute approximate surface area is 141 Å². The van der Waals surface area contributed by atoms with E-state index in [9.17, 15) is 9.59 Å². The number of piperidine rings is 1. The minimum absolute atomic E-state index is 0.105. The fourth-order valence-electron chi connectivity index (χ4n) is 3.88. The van der Waals surface area contributed by atoms with Gasteiger partial charge in [-0.2, -0.15) is 0 Å². The van der Waals surface area contributed by atoms with E-state index in [4.69, 9.17) is 5.73 Å². The first kappa shape index (κ1) is 16.5. The van der Waals surface area contributed by atoms with Crippen LogP contribution in [-0.2, 0) is 11.2 Å². The first-order chi connectivity index (χ1) is 11.1. The summed E-state index contributed by atoms with van der Waals surface area (Å²) in [6.45, 7) is 4.58. The van der Waals surface area contributed by atoms with E-state index in [0.717, 1.165) is 62.2 Å². The molecule has 2 aliphatic rings. The van der Waals surface area contributed by atoms with Gasteiger partial charge < -0.3 is 10.6 Å². The molecule has 0 saturated carbocycles. The lowest BCUT2D eigenvalue weighted by molar-refractivity contribution is -0.123. The molecule has 2 fully saturated rings. The van der Waals surface area contributed by atoms with Crippen LogP contribution >= 0.6 is 11.3 Å². The number of aryl methyl sites for hydroxylation is 1. The average Bonchev–Trinajstić information content (AvgIpc) is 3.23. The summed E-state index contributed by atoms with van der Waals surface area (Å²) in [7, 11) is 0. The molecule has 5 nitrogen and oxygen atoms in total. The lowest BCUT2D eigenvalue weighted by atomic mass is 10.0. The maximum Gasteiger partial charge on any atom is 0.264 e. The van der Waals surface area contributed by atoms with Gasteiger partial charge in [0.05, 0.1) is 10.9 Å². The van der Waals surface area contributed by atoms with Crippen LogP contribution in [0.2, 0.25) is 0 Å². The largest absolute Gasteiger partial charge is 0.368 e. The van der Waals surface area contributed by atoms with Crippen molar-refractivity contribution >= 4 is 23.2 Å². The van der Waals surface area contributed by atoms with Gasteiger partial charge in [-0.1, -0.05) is 6.92 Å². The van der Waals surface area contributed by atoms with Gasteiger partial charge in [-0.15, -0.1) is 11.3 Å². The summed E-state index contributed by atoms with van der Waals surface area (Å²) in [6, 6.07) is 2.33. The summed E-state index contributed by atoms with van der Waals surface area (Å²) >= 11 is 1.54. The second kappa shape index (κ2) is 7.01. The van der Waals surface area contributed by atoms with Crippen molar-refractivity contribution in [3.05, 3.63) is 21.9 Å². The fraction of sp³-hybridized carbons (Fsp3) is 0.647. The molecule has 2 N–H and O–H groups in total. The number of carbonyl (C=O) groups excluding carboxylic acids is 2. The molecule has 3 heterocycles. The van der Waals surface area contributed by atoms with Crippen LogP contribution in [0.15, 0.2) is 11.4 Å². The summed E-state index contributed by atoms with van der Waals surface area (Å²) in [5.74, 6) is -0.0321. The van der Waals surface area contributed by atoms with E-state index in [2.05, 4.69) is 11.8 Å². The van der Waals surface area contributed by atoms with E-state index < -0.39 is 0 Å². The van der Waals surface area contributed by atoms with Gasteiger partial charge in [-0.25, -0.2) is 0 Å². The molecule has 23 heavy (non-hydrogen) atoms. The number of likely N-dealkylation sites (tertiary alicyclic amines) is 2. The van der Waals surface area contributed by atoms with Crippen LogP contribution in [0.25, 0.3) is 0 Å². The van der Waals surface area contributed by atoms with Gasteiger partial charge in [0.15, 0.2) is 0 Å². The Morgan fingerprint density at radius 3 is 2.65 bits per heavy atom. The van der Waals surface area contributed by atoms with Crippen LogP contribution in [-0.4, -0.2) is 53.3 Å². The maximum atomic E-state index is 12.7. The average molecular weight is 335 g/mol. The minimum atomic E-state index is -0.202. The predicted molar refractivity (Wildman–Crippen MR) is 91.5 cm³/mol. The second-order valence-corrected chi connectivity index (χ2v) is 7.37. The zero-order chi connectivity index (χ0) is 16.4. The van der Waals surface area contributed by atoms with E-state index in [1.165, 1.54) is 0 Å². The van der Waals surface area contributed by atoms with Crippen LogP contribution in [0.5, 0.6) is 0 Å². The Kier molecular flexibility index (Phi) is 5.02. The normalized spacial score (nSPS) is 23.3. The highest BCUT2D eigenvalue weighted by molar-refractivity contribution is 7.12. The van der Waals surface area contributed by atoms with Crippen molar-refractivity contribution in [3.63, 3.8) is 0 Å². The van der Waals surface area contributed by atoms with Crippen molar-refractivity contribution in [1.82, 2.24) is 9.80 Å². The molecule has 3 rings (SSSR count). The molecule has 6 heteroatoms. The molecular weight excluding hydrogens is 310 g/mol. The topological polar surface area (TPSA) is 66.6 Å². The molecule has 2 aliphatic heterocycles. The molecule has 2 amide bonds. The lowest BCUT2D eigenvalue weighted by Gasteiger charge is -2.38. The quantitative estimate of drug-likeness (QED) is 0.913. The SMILES string of the molecule is CCc1ccsc1C(=O)N1CCC(N2CCCC2C(N)=O)CC1. The molecule has 0 bridgehead atoms. The summed E-state index contributed by atoms with van der Waals surface area (Å²) in [6.07, 6.45) is 4.69. The molecule has 1 aromatic rings. The van der Waals surface area contributed by atoms with Crippen molar-refractivity contribution in [3.8, 4) is 0 Å². The van der Waals surface area contributed by atoms with Crippen molar-refractivity contribution < 1.29 is 9.59 Å². The van der Waals surface area contributed by atoms with Crippen molar-refractivity contribution in [2.24, 2.45) is 5.73 Å². The fourth-order valence-corrected chi connectivity index (χ4v) is 4.84. The zero-order valence-corrected chi connectivity index (χ0v) is 14.5. The van der Waals surface area contributed by atoms with Gasteiger partial charge in [0.25, 0.3) is 5.91 Å². The summed E-state index contributed by atoms with van der Waals surface area (Å²) < 4.78 is 0. The van der Waals surface area contributed by atoms with Crippen molar-refractivity contribution in [2.75, 3.05) is 19.6 Å². The van der Waals surface area contributed by atoms with Crippen LogP contribution < -0.4 is 5.73 Å². The Balaban J connectivity index is 1.60. The second-order valence-electron chi connectivity index (χ2n) is 6.45. The van der Waals surface area contributed by atoms with Gasteiger partial charge in [-0.3, -0.25) is 14.5 Å². The number of thiophene rings is 1. The van der Waals surface area contributed by atoms with E-state index in [1.807, 2.05) is 16.3 Å². The zero-order valence-electron chi connectivity index (χ0n) is 13.7. The predicted octanol–water partition coefficient (Wildman–Crippen LogP) is 1.86. The summed E-state index contributed by atoms with van der Waals surface area (Å²) in [5, 5.41) is 2.00. The van der Waals surface area contributed by atoms with E-state index in [0.29, 0.717) is 6.04 Å². The molecule has 0 spiro atoms. The molecule has 1 unspecified atom stereocenters. The first-order valence-corrected chi connectivity index (χ1v) is 9.40. The molecular formula is C17H25N3O2S. The molecule has 0 aliphatic carbocycles. The van der Waals surface area contributed by atoms with Gasteiger partial charge in [-0.05, 0) is 55.7 Å². The smallest absolute Gasteiger partial charge is 0.264 e. The Bertz CT molecular complexity index is 578. The van der Waals surface area contributed by atoms with Crippen LogP contribution in [0.4, 0.5) is 0 Å². The number of primary amides is 1. The highest BCUT2D eigenvalue weighted by Crippen LogP contribution is 2.27. The maximum absolute atomic E-state index is 12.7. The van der Waals surface area contributed by atoms with E-state index in [1.54, 1.807) is 11.3 Å². The third kappa shape index (κ3) is 3.28. The minimum Gasteiger partial charge on any atom is -0.368 e. The molecule has 1 aromatic heterocycles. The number of carbonyl (C=O) groups is 2. The Hall–Kier alpha value is -1.40. The standard InChI is InChI=1S/C17H25N3O2S/c1-2-12-7-11-23-15(12)17(22)19-9-5-13(6-10-19)20-8-3-4-14(20)16(18)21/h7,11,13-14H,2-6,8-10H2,1H3,(H2,18,21). The summed E-state index contributed by atoms with van der Waals surface area (Å²) in [5.41, 5.74) is 6.67. The van der Waals surface area contributed by atoms with E-state index in [-0.39, 0.29) is 17.9 Å². The van der Waals surface area contributed by atoms with E-state index >= 15 is 0 Å². The monoisotopic (exact) mass is 335 g/mol. The molecule has 0 radical (unpaired) electrons. The van der Waals surface area contributed by atoms with Crippen molar-refractivity contribution in [2.45, 2.75) is 51.1 Å². The number of nitrogens with zero attached hydrogens (tertiary/aromatic N) is 2. The first-order valence-electron chi connectivity index (χ1n) is 8.52. The van der Waals surface area contributed by atoms with Gasteiger partial charge in [0, 0.05) is 19.1 Å². The highest BCUT2D eigenvalue weighted by atomic mass is 32.1. The Morgan fingerprint density at radius 2 is 2.00 bits per heavy atom. The number of hydrogen-bond acceptors (Lipinski definition) is 4. The third-order valence-corrected chi connectivity index (χ3v) is 6.11. The lowest BCUT2D eigenvalue weighted by Crippen LogP contribution is -2.51. The van der Waals surface area contributed by atoms with Gasteiger partial charge >= 0.3 is 0 Å². The number of nitrogens with two attached hydrogens (primary N) is 1. The van der Waals surface area contributed by atoms with Crippen LogP contribution in [0, 0.1) is 0 Å². The van der Waals surface area contributed by atoms with Crippen LogP contribution in [0.1, 0.15) is 47.8 Å².